The van der Waals surface area contributed by atoms with Crippen LogP contribution in [0.5, 0.6) is 11.6 Å². The van der Waals surface area contributed by atoms with Gasteiger partial charge in [-0.15, -0.1) is 0 Å². The Labute approximate surface area is 112 Å². The van der Waals surface area contributed by atoms with Gasteiger partial charge in [0.2, 0.25) is 5.88 Å². The van der Waals surface area contributed by atoms with Crippen molar-refractivity contribution < 1.29 is 9.84 Å². The van der Waals surface area contributed by atoms with E-state index in [1.807, 2.05) is 31.2 Å². The van der Waals surface area contributed by atoms with Crippen molar-refractivity contribution in [1.82, 2.24) is 9.97 Å². The van der Waals surface area contributed by atoms with Gasteiger partial charge in [-0.1, -0.05) is 25.1 Å². The van der Waals surface area contributed by atoms with E-state index in [0.717, 1.165) is 5.56 Å². The van der Waals surface area contributed by atoms with E-state index in [4.69, 9.17) is 15.6 Å². The first-order valence-electron chi connectivity index (χ1n) is 6.23. The molecule has 1 heterocycles. The van der Waals surface area contributed by atoms with Crippen LogP contribution in [0.25, 0.3) is 0 Å². The molecule has 1 aromatic heterocycles. The van der Waals surface area contributed by atoms with Crippen molar-refractivity contribution in [2.75, 3.05) is 12.3 Å². The van der Waals surface area contributed by atoms with Gasteiger partial charge in [0.25, 0.3) is 0 Å². The van der Waals surface area contributed by atoms with Gasteiger partial charge in [-0.25, -0.2) is 4.98 Å². The highest BCUT2D eigenvalue weighted by molar-refractivity contribution is 5.39. The third-order valence-electron chi connectivity index (χ3n) is 2.65. The van der Waals surface area contributed by atoms with Crippen molar-refractivity contribution in [3.63, 3.8) is 0 Å². The number of hydrogen-bond donors (Lipinski definition) is 2. The van der Waals surface area contributed by atoms with E-state index in [0.29, 0.717) is 36.1 Å². The zero-order valence-corrected chi connectivity index (χ0v) is 10.8. The number of ether oxygens (including phenoxy) is 1. The first-order valence-corrected chi connectivity index (χ1v) is 6.23. The number of aryl methyl sites for hydroxylation is 1. The summed E-state index contributed by atoms with van der Waals surface area (Å²) in [6, 6.07) is 9.13. The number of rotatable bonds is 5. The molecular formula is C14H17N3O2. The SMILES string of the molecule is CCc1nc(N)cc(Oc2ccccc2CCO)n1. The van der Waals surface area contributed by atoms with Gasteiger partial charge >= 0.3 is 0 Å². The number of anilines is 1. The van der Waals surface area contributed by atoms with Crippen molar-refractivity contribution in [3.8, 4) is 11.6 Å². The van der Waals surface area contributed by atoms with Crippen molar-refractivity contribution in [1.29, 1.82) is 0 Å². The highest BCUT2D eigenvalue weighted by Crippen LogP contribution is 2.25. The first-order chi connectivity index (χ1) is 9.22. The molecule has 2 aromatic rings. The lowest BCUT2D eigenvalue weighted by Crippen LogP contribution is -2.01. The third-order valence-corrected chi connectivity index (χ3v) is 2.65. The molecule has 0 aliphatic heterocycles. The Hall–Kier alpha value is -2.14. The van der Waals surface area contributed by atoms with Crippen molar-refractivity contribution in [2.45, 2.75) is 19.8 Å². The number of aromatic nitrogens is 2. The molecule has 19 heavy (non-hydrogen) atoms. The lowest BCUT2D eigenvalue weighted by Gasteiger charge is -2.10. The molecule has 100 valence electrons. The number of nitrogens with two attached hydrogens (primary N) is 1. The topological polar surface area (TPSA) is 81.3 Å². The number of benzene rings is 1. The molecule has 2 rings (SSSR count). The van der Waals surface area contributed by atoms with Gasteiger partial charge in [0, 0.05) is 19.1 Å². The van der Waals surface area contributed by atoms with E-state index in [2.05, 4.69) is 9.97 Å². The molecule has 0 spiro atoms. The number of aliphatic hydroxyl groups excluding tert-OH is 1. The summed E-state index contributed by atoms with van der Waals surface area (Å²) in [6.07, 6.45) is 1.23. The fourth-order valence-corrected chi connectivity index (χ4v) is 1.75. The molecule has 5 nitrogen and oxygen atoms in total. The fraction of sp³-hybridized carbons (Fsp3) is 0.286. The van der Waals surface area contributed by atoms with Crippen LogP contribution in [0.2, 0.25) is 0 Å². The average molecular weight is 259 g/mol. The number of nitrogen functional groups attached to an aromatic ring is 1. The van der Waals surface area contributed by atoms with Crippen LogP contribution in [0.1, 0.15) is 18.3 Å². The van der Waals surface area contributed by atoms with Crippen LogP contribution in [0, 0.1) is 0 Å². The molecule has 0 aliphatic carbocycles. The van der Waals surface area contributed by atoms with Crippen molar-refractivity contribution in [2.24, 2.45) is 0 Å². The summed E-state index contributed by atoms with van der Waals surface area (Å²) in [5.74, 6) is 2.14. The number of hydrogen-bond acceptors (Lipinski definition) is 5. The maximum Gasteiger partial charge on any atom is 0.224 e. The molecule has 5 heteroatoms. The molecule has 0 aliphatic rings. The van der Waals surface area contributed by atoms with Crippen LogP contribution in [0.15, 0.2) is 30.3 Å². The Morgan fingerprint density at radius 2 is 2.05 bits per heavy atom. The summed E-state index contributed by atoms with van der Waals surface area (Å²) >= 11 is 0. The van der Waals surface area contributed by atoms with Crippen LogP contribution in [0.3, 0.4) is 0 Å². The standard InChI is InChI=1S/C14H17N3O2/c1-2-13-16-12(15)9-14(17-13)19-11-6-4-3-5-10(11)7-8-18/h3-6,9,18H,2,7-8H2,1H3,(H2,15,16,17). The first kappa shape index (κ1) is 13.3. The van der Waals surface area contributed by atoms with Crippen LogP contribution in [-0.4, -0.2) is 21.7 Å². The molecule has 0 unspecified atom stereocenters. The van der Waals surface area contributed by atoms with Gasteiger partial charge < -0.3 is 15.6 Å². The second-order valence-electron chi connectivity index (χ2n) is 4.08. The molecule has 0 fully saturated rings. The molecule has 3 N–H and O–H groups in total. The van der Waals surface area contributed by atoms with E-state index in [1.54, 1.807) is 6.07 Å². The molecule has 0 amide bonds. The summed E-state index contributed by atoms with van der Waals surface area (Å²) in [5.41, 5.74) is 6.65. The number of nitrogens with zero attached hydrogens (tertiary/aromatic N) is 2. The van der Waals surface area contributed by atoms with Gasteiger partial charge in [0.05, 0.1) is 0 Å². The Morgan fingerprint density at radius 3 is 2.79 bits per heavy atom. The predicted octanol–water partition coefficient (Wildman–Crippen LogP) is 1.95. The monoisotopic (exact) mass is 259 g/mol. The van der Waals surface area contributed by atoms with Crippen LogP contribution in [0.4, 0.5) is 5.82 Å². The maximum absolute atomic E-state index is 9.04. The second kappa shape index (κ2) is 6.15. The minimum atomic E-state index is 0.0759. The summed E-state index contributed by atoms with van der Waals surface area (Å²) in [4.78, 5) is 8.37. The van der Waals surface area contributed by atoms with Crippen LogP contribution < -0.4 is 10.5 Å². The average Bonchev–Trinajstić information content (AvgIpc) is 2.40. The minimum Gasteiger partial charge on any atom is -0.439 e. The fourth-order valence-electron chi connectivity index (χ4n) is 1.75. The Balaban J connectivity index is 2.28. The summed E-state index contributed by atoms with van der Waals surface area (Å²) in [6.45, 7) is 2.03. The number of para-hydroxylation sites is 1. The zero-order chi connectivity index (χ0) is 13.7. The molecular weight excluding hydrogens is 242 g/mol. The lowest BCUT2D eigenvalue weighted by atomic mass is 10.1. The van der Waals surface area contributed by atoms with Gasteiger partial charge in [-0.3, -0.25) is 0 Å². The van der Waals surface area contributed by atoms with E-state index >= 15 is 0 Å². The predicted molar refractivity (Wildman–Crippen MR) is 73.1 cm³/mol. The van der Waals surface area contributed by atoms with E-state index in [9.17, 15) is 0 Å². The van der Waals surface area contributed by atoms with E-state index < -0.39 is 0 Å². The summed E-state index contributed by atoms with van der Waals surface area (Å²) in [5, 5.41) is 9.04. The quantitative estimate of drug-likeness (QED) is 0.857. The van der Waals surface area contributed by atoms with Crippen molar-refractivity contribution >= 4 is 5.82 Å². The lowest BCUT2D eigenvalue weighted by molar-refractivity contribution is 0.297. The van der Waals surface area contributed by atoms with Gasteiger partial charge in [0.1, 0.15) is 17.4 Å². The molecule has 0 saturated carbocycles. The zero-order valence-electron chi connectivity index (χ0n) is 10.8. The van der Waals surface area contributed by atoms with Gasteiger partial charge in [0.15, 0.2) is 0 Å². The summed E-state index contributed by atoms with van der Waals surface area (Å²) < 4.78 is 5.74. The third kappa shape index (κ3) is 3.42. The molecule has 0 saturated heterocycles. The van der Waals surface area contributed by atoms with Gasteiger partial charge in [-0.05, 0) is 18.1 Å². The molecule has 0 bridgehead atoms. The summed E-state index contributed by atoms with van der Waals surface area (Å²) in [7, 11) is 0. The normalized spacial score (nSPS) is 10.4. The molecule has 1 aromatic carbocycles. The highest BCUT2D eigenvalue weighted by Gasteiger charge is 2.07. The van der Waals surface area contributed by atoms with Gasteiger partial charge in [-0.2, -0.15) is 4.98 Å². The van der Waals surface area contributed by atoms with Crippen LogP contribution >= 0.6 is 0 Å². The van der Waals surface area contributed by atoms with Crippen molar-refractivity contribution in [3.05, 3.63) is 41.7 Å². The maximum atomic E-state index is 9.04. The highest BCUT2D eigenvalue weighted by atomic mass is 16.5. The largest absolute Gasteiger partial charge is 0.439 e. The Bertz CT molecular complexity index is 558. The Morgan fingerprint density at radius 1 is 1.26 bits per heavy atom. The van der Waals surface area contributed by atoms with E-state index in [1.165, 1.54) is 0 Å². The molecule has 0 radical (unpaired) electrons. The number of aliphatic hydroxyl groups is 1. The Kier molecular flexibility index (Phi) is 4.30. The second-order valence-corrected chi connectivity index (χ2v) is 4.08. The minimum absolute atomic E-state index is 0.0759. The van der Waals surface area contributed by atoms with E-state index in [-0.39, 0.29) is 6.61 Å². The van der Waals surface area contributed by atoms with Crippen LogP contribution in [-0.2, 0) is 12.8 Å². The molecule has 0 atom stereocenters. The smallest absolute Gasteiger partial charge is 0.224 e.